The second kappa shape index (κ2) is 5.71. The topological polar surface area (TPSA) is 43.4 Å². The summed E-state index contributed by atoms with van der Waals surface area (Å²) in [7, 11) is 0. The van der Waals surface area contributed by atoms with Gasteiger partial charge in [-0.05, 0) is 48.4 Å². The largest absolute Gasteiger partial charge is 0.453 e. The van der Waals surface area contributed by atoms with Crippen LogP contribution < -0.4 is 4.74 Å². The third-order valence-corrected chi connectivity index (χ3v) is 4.43. The Morgan fingerprint density at radius 2 is 1.48 bits per heavy atom. The monoisotopic (exact) mass is 328 g/mol. The molecule has 3 aromatic rings. The zero-order valence-electron chi connectivity index (χ0n) is 14.0. The highest BCUT2D eigenvalue weighted by Crippen LogP contribution is 2.29. The van der Waals surface area contributed by atoms with E-state index in [1.165, 1.54) is 6.08 Å². The van der Waals surface area contributed by atoms with E-state index >= 15 is 0 Å². The first-order valence-corrected chi connectivity index (χ1v) is 8.11. The lowest BCUT2D eigenvalue weighted by Gasteiger charge is -2.17. The lowest BCUT2D eigenvalue weighted by Crippen LogP contribution is -2.20. The number of hydrogen-bond acceptors (Lipinski definition) is 3. The molecule has 3 heteroatoms. The highest BCUT2D eigenvalue weighted by molar-refractivity contribution is 6.25. The zero-order valence-corrected chi connectivity index (χ0v) is 14.0. The van der Waals surface area contributed by atoms with Gasteiger partial charge in [-0.1, -0.05) is 42.0 Å². The van der Waals surface area contributed by atoms with E-state index in [-0.39, 0.29) is 17.3 Å². The molecule has 1 aliphatic carbocycles. The fourth-order valence-corrected chi connectivity index (χ4v) is 3.14. The SMILES string of the molecule is Cc1ccc(OC2=CC(=O)c3cc4ccccc4cc3C2=O)c(C)c1. The number of carbonyl (C=O) groups excluding carboxylic acids is 2. The molecule has 0 saturated carbocycles. The first-order valence-electron chi connectivity index (χ1n) is 8.11. The standard InChI is InChI=1S/C22H16O3/c1-13-7-8-20(14(2)9-13)25-21-12-19(23)17-10-15-5-3-4-6-16(15)11-18(17)22(21)24/h3-12H,1-2H3. The van der Waals surface area contributed by atoms with Gasteiger partial charge in [0.25, 0.3) is 0 Å². The number of allylic oxidation sites excluding steroid dienone is 2. The van der Waals surface area contributed by atoms with Crippen LogP contribution in [-0.2, 0) is 0 Å². The normalized spacial score (nSPS) is 13.6. The number of Topliss-reactive ketones (excluding diaryl/α,β-unsaturated/α-hetero) is 1. The molecule has 0 spiro atoms. The summed E-state index contributed by atoms with van der Waals surface area (Å²) in [4.78, 5) is 25.3. The minimum atomic E-state index is -0.264. The van der Waals surface area contributed by atoms with Gasteiger partial charge in [0.2, 0.25) is 5.78 Å². The molecule has 0 radical (unpaired) electrons. The number of fused-ring (bicyclic) bond motifs is 2. The van der Waals surface area contributed by atoms with Gasteiger partial charge in [0.1, 0.15) is 5.75 Å². The van der Waals surface area contributed by atoms with Crippen LogP contribution in [0.3, 0.4) is 0 Å². The molecule has 3 nitrogen and oxygen atoms in total. The highest BCUT2D eigenvalue weighted by Gasteiger charge is 2.28. The molecule has 0 unspecified atom stereocenters. The van der Waals surface area contributed by atoms with Crippen LogP contribution >= 0.6 is 0 Å². The van der Waals surface area contributed by atoms with Crippen LogP contribution in [0.25, 0.3) is 10.8 Å². The van der Waals surface area contributed by atoms with Crippen LogP contribution in [0.2, 0.25) is 0 Å². The van der Waals surface area contributed by atoms with Crippen molar-refractivity contribution in [3.8, 4) is 5.75 Å². The first-order chi connectivity index (χ1) is 12.0. The maximum absolute atomic E-state index is 12.8. The van der Waals surface area contributed by atoms with Crippen LogP contribution in [0.5, 0.6) is 5.75 Å². The number of rotatable bonds is 2. The number of ketones is 2. The molecule has 4 rings (SSSR count). The minimum Gasteiger partial charge on any atom is -0.453 e. The average molecular weight is 328 g/mol. The van der Waals surface area contributed by atoms with Gasteiger partial charge in [0.15, 0.2) is 11.5 Å². The zero-order chi connectivity index (χ0) is 17.6. The van der Waals surface area contributed by atoms with Crippen LogP contribution in [0, 0.1) is 13.8 Å². The maximum Gasteiger partial charge on any atom is 0.229 e. The van der Waals surface area contributed by atoms with Crippen molar-refractivity contribution in [3.05, 3.63) is 88.7 Å². The number of carbonyl (C=O) groups is 2. The van der Waals surface area contributed by atoms with E-state index in [0.717, 1.165) is 21.9 Å². The van der Waals surface area contributed by atoms with E-state index in [0.29, 0.717) is 16.9 Å². The van der Waals surface area contributed by atoms with E-state index < -0.39 is 0 Å². The molecule has 0 amide bonds. The fourth-order valence-electron chi connectivity index (χ4n) is 3.14. The number of benzene rings is 3. The molecule has 0 aliphatic heterocycles. The van der Waals surface area contributed by atoms with Crippen molar-refractivity contribution < 1.29 is 14.3 Å². The van der Waals surface area contributed by atoms with Crippen LogP contribution in [0.1, 0.15) is 31.8 Å². The Morgan fingerprint density at radius 1 is 0.800 bits per heavy atom. The summed E-state index contributed by atoms with van der Waals surface area (Å²) in [6.07, 6.45) is 1.29. The lowest BCUT2D eigenvalue weighted by atomic mass is 9.90. The van der Waals surface area contributed by atoms with Crippen molar-refractivity contribution in [2.45, 2.75) is 13.8 Å². The van der Waals surface area contributed by atoms with E-state index in [1.807, 2.05) is 56.3 Å². The van der Waals surface area contributed by atoms with Crippen molar-refractivity contribution >= 4 is 22.3 Å². The van der Waals surface area contributed by atoms with Gasteiger partial charge in [0.05, 0.1) is 0 Å². The van der Waals surface area contributed by atoms with E-state index in [2.05, 4.69) is 0 Å². The van der Waals surface area contributed by atoms with Crippen molar-refractivity contribution in [1.29, 1.82) is 0 Å². The summed E-state index contributed by atoms with van der Waals surface area (Å²) in [5.74, 6) is 0.183. The van der Waals surface area contributed by atoms with Crippen LogP contribution in [-0.4, -0.2) is 11.6 Å². The summed E-state index contributed by atoms with van der Waals surface area (Å²) < 4.78 is 5.78. The van der Waals surface area contributed by atoms with E-state index in [4.69, 9.17) is 4.74 Å². The molecule has 0 aromatic heterocycles. The first kappa shape index (κ1) is 15.3. The summed E-state index contributed by atoms with van der Waals surface area (Å²) in [6.45, 7) is 3.91. The Kier molecular flexibility index (Phi) is 3.50. The highest BCUT2D eigenvalue weighted by atomic mass is 16.5. The minimum absolute atomic E-state index is 0.0692. The molecule has 0 fully saturated rings. The molecule has 0 saturated heterocycles. The Morgan fingerprint density at radius 3 is 2.16 bits per heavy atom. The molecular weight excluding hydrogens is 312 g/mol. The molecular formula is C22H16O3. The fraction of sp³-hybridized carbons (Fsp3) is 0.0909. The average Bonchev–Trinajstić information content (AvgIpc) is 2.60. The van der Waals surface area contributed by atoms with Gasteiger partial charge in [-0.3, -0.25) is 9.59 Å². The van der Waals surface area contributed by atoms with Gasteiger partial charge >= 0.3 is 0 Å². The predicted molar refractivity (Wildman–Crippen MR) is 97.2 cm³/mol. The molecule has 3 aromatic carbocycles. The third kappa shape index (κ3) is 2.64. The van der Waals surface area contributed by atoms with Gasteiger partial charge in [0, 0.05) is 17.2 Å². The Balaban J connectivity index is 1.77. The molecule has 1 aliphatic rings. The summed E-state index contributed by atoms with van der Waals surface area (Å²) >= 11 is 0. The number of aryl methyl sites for hydroxylation is 2. The molecule has 0 N–H and O–H groups in total. The van der Waals surface area contributed by atoms with E-state index in [1.54, 1.807) is 12.1 Å². The Labute approximate surface area is 145 Å². The van der Waals surface area contributed by atoms with Crippen LogP contribution in [0.4, 0.5) is 0 Å². The Hall–Kier alpha value is -3.20. The summed E-state index contributed by atoms with van der Waals surface area (Å²) in [5.41, 5.74) is 2.86. The van der Waals surface area contributed by atoms with Gasteiger partial charge < -0.3 is 4.74 Å². The van der Waals surface area contributed by atoms with Gasteiger partial charge in [-0.15, -0.1) is 0 Å². The number of ether oxygens (including phenoxy) is 1. The van der Waals surface area contributed by atoms with Crippen molar-refractivity contribution in [1.82, 2.24) is 0 Å². The maximum atomic E-state index is 12.8. The second-order valence-corrected chi connectivity index (χ2v) is 6.32. The third-order valence-electron chi connectivity index (χ3n) is 4.43. The van der Waals surface area contributed by atoms with Crippen molar-refractivity contribution in [2.24, 2.45) is 0 Å². The quantitative estimate of drug-likeness (QED) is 0.679. The molecule has 0 heterocycles. The van der Waals surface area contributed by atoms with Crippen LogP contribution in [0.15, 0.2) is 66.4 Å². The molecule has 0 bridgehead atoms. The smallest absolute Gasteiger partial charge is 0.229 e. The second-order valence-electron chi connectivity index (χ2n) is 6.32. The lowest BCUT2D eigenvalue weighted by molar-refractivity contribution is 0.0947. The molecule has 25 heavy (non-hydrogen) atoms. The summed E-state index contributed by atoms with van der Waals surface area (Å²) in [5, 5.41) is 1.87. The number of hydrogen-bond donors (Lipinski definition) is 0. The van der Waals surface area contributed by atoms with Gasteiger partial charge in [-0.2, -0.15) is 0 Å². The predicted octanol–water partition coefficient (Wildman–Crippen LogP) is 4.80. The Bertz CT molecular complexity index is 1070. The van der Waals surface area contributed by atoms with Gasteiger partial charge in [-0.25, -0.2) is 0 Å². The van der Waals surface area contributed by atoms with Crippen molar-refractivity contribution in [3.63, 3.8) is 0 Å². The molecule has 122 valence electrons. The summed E-state index contributed by atoms with van der Waals surface area (Å²) in [6, 6.07) is 16.9. The van der Waals surface area contributed by atoms with Crippen molar-refractivity contribution in [2.75, 3.05) is 0 Å². The molecule has 0 atom stereocenters. The van der Waals surface area contributed by atoms with E-state index in [9.17, 15) is 9.59 Å².